The van der Waals surface area contributed by atoms with Crippen LogP contribution in [0.4, 0.5) is 13.2 Å². The summed E-state index contributed by atoms with van der Waals surface area (Å²) in [5.41, 5.74) is 2.32. The van der Waals surface area contributed by atoms with Gasteiger partial charge in [-0.15, -0.1) is 0 Å². The van der Waals surface area contributed by atoms with Crippen LogP contribution in [0.2, 0.25) is 0 Å². The molecule has 0 heterocycles. The Kier molecular flexibility index (Phi) is 2.03. The lowest BCUT2D eigenvalue weighted by Gasteiger charge is -2.11. The van der Waals surface area contributed by atoms with Crippen molar-refractivity contribution in [3.63, 3.8) is 0 Å². The predicted octanol–water partition coefficient (Wildman–Crippen LogP) is -2.09. The van der Waals surface area contributed by atoms with E-state index >= 15 is 0 Å². The van der Waals surface area contributed by atoms with Gasteiger partial charge in [0, 0.05) is 0 Å². The van der Waals surface area contributed by atoms with Gasteiger partial charge in [0.25, 0.3) is 0 Å². The summed E-state index contributed by atoms with van der Waals surface area (Å²) in [5.74, 6) is -2.21. The molecule has 0 amide bonds. The average Bonchev–Trinajstić information content (AvgIpc) is 1.62. The minimum atomic E-state index is -4.79. The topological polar surface area (TPSA) is 67.8 Å². The summed E-state index contributed by atoms with van der Waals surface area (Å²) >= 11 is 0. The molecule has 6 heteroatoms. The molecule has 0 aliphatic rings. The molecular formula is C3H4F3NO2. The van der Waals surface area contributed by atoms with Crippen molar-refractivity contribution >= 4 is 5.97 Å². The Morgan fingerprint density at radius 3 is 1.89 bits per heavy atom. The molecule has 0 bridgehead atoms. The van der Waals surface area contributed by atoms with Crippen molar-refractivity contribution in [2.45, 2.75) is 12.2 Å². The highest BCUT2D eigenvalue weighted by atomic mass is 19.4. The zero-order chi connectivity index (χ0) is 7.65. The summed E-state index contributed by atoms with van der Waals surface area (Å²) in [5, 5.41) is 9.45. The van der Waals surface area contributed by atoms with Gasteiger partial charge >= 0.3 is 6.18 Å². The molecule has 54 valence electrons. The Hall–Kier alpha value is -0.780. The van der Waals surface area contributed by atoms with Crippen LogP contribution < -0.4 is 10.8 Å². The number of carbonyl (C=O) groups is 1. The molecule has 0 unspecified atom stereocenters. The molecule has 0 spiro atoms. The maximum atomic E-state index is 11.2. The second-order valence-corrected chi connectivity index (χ2v) is 1.41. The van der Waals surface area contributed by atoms with Crippen molar-refractivity contribution in [3.8, 4) is 0 Å². The Balaban J connectivity index is 4.04. The fourth-order valence-corrected chi connectivity index (χ4v) is 0.134. The van der Waals surface area contributed by atoms with E-state index in [1.165, 1.54) is 0 Å². The summed E-state index contributed by atoms with van der Waals surface area (Å²) in [6.45, 7) is 0. The molecule has 0 aliphatic carbocycles. The summed E-state index contributed by atoms with van der Waals surface area (Å²) in [4.78, 5) is 9.45. The van der Waals surface area contributed by atoms with Crippen LogP contribution in [0.15, 0.2) is 0 Å². The van der Waals surface area contributed by atoms with Crippen LogP contribution in [0, 0.1) is 0 Å². The van der Waals surface area contributed by atoms with Crippen molar-refractivity contribution in [3.05, 3.63) is 0 Å². The SMILES string of the molecule is [NH3+][C@@H](C(=O)[O-])C(F)(F)F. The summed E-state index contributed by atoms with van der Waals surface area (Å²) in [6, 6.07) is -2.63. The van der Waals surface area contributed by atoms with E-state index in [4.69, 9.17) is 0 Å². The third-order valence-corrected chi connectivity index (χ3v) is 0.680. The van der Waals surface area contributed by atoms with Crippen molar-refractivity contribution in [1.29, 1.82) is 0 Å². The molecule has 0 fully saturated rings. The minimum absolute atomic E-state index is 2.21. The second-order valence-electron chi connectivity index (χ2n) is 1.41. The number of alkyl halides is 3. The van der Waals surface area contributed by atoms with E-state index < -0.39 is 18.2 Å². The largest absolute Gasteiger partial charge is 0.544 e. The van der Waals surface area contributed by atoms with Gasteiger partial charge in [-0.05, 0) is 0 Å². The van der Waals surface area contributed by atoms with Gasteiger partial charge < -0.3 is 15.6 Å². The Morgan fingerprint density at radius 2 is 1.89 bits per heavy atom. The first kappa shape index (κ1) is 8.22. The van der Waals surface area contributed by atoms with E-state index in [1.54, 1.807) is 0 Å². The fraction of sp³-hybridized carbons (Fsp3) is 0.667. The molecule has 9 heavy (non-hydrogen) atoms. The molecule has 0 aromatic heterocycles. The van der Waals surface area contributed by atoms with E-state index in [9.17, 15) is 23.1 Å². The molecule has 0 radical (unpaired) electrons. The lowest BCUT2D eigenvalue weighted by atomic mass is 10.3. The molecule has 0 saturated carbocycles. The summed E-state index contributed by atoms with van der Waals surface area (Å²) in [7, 11) is 0. The van der Waals surface area contributed by atoms with Crippen molar-refractivity contribution in [2.24, 2.45) is 0 Å². The average molecular weight is 143 g/mol. The van der Waals surface area contributed by atoms with Crippen LogP contribution in [0.25, 0.3) is 0 Å². The van der Waals surface area contributed by atoms with Crippen molar-refractivity contribution in [2.75, 3.05) is 0 Å². The number of hydrogen-bond donors (Lipinski definition) is 1. The Bertz CT molecular complexity index is 121. The van der Waals surface area contributed by atoms with Gasteiger partial charge in [0.15, 0.2) is 0 Å². The quantitative estimate of drug-likeness (QED) is 0.457. The lowest BCUT2D eigenvalue weighted by Crippen LogP contribution is -2.74. The van der Waals surface area contributed by atoms with Gasteiger partial charge in [0.2, 0.25) is 6.04 Å². The maximum absolute atomic E-state index is 11.2. The Labute approximate surface area is 48.3 Å². The Morgan fingerprint density at radius 1 is 1.56 bits per heavy atom. The van der Waals surface area contributed by atoms with E-state index in [1.807, 2.05) is 0 Å². The molecule has 1 atom stereocenters. The predicted molar refractivity (Wildman–Crippen MR) is 17.7 cm³/mol. The molecule has 0 rings (SSSR count). The van der Waals surface area contributed by atoms with Crippen LogP contribution in [0.5, 0.6) is 0 Å². The van der Waals surface area contributed by atoms with Gasteiger partial charge in [-0.2, -0.15) is 13.2 Å². The van der Waals surface area contributed by atoms with Crippen LogP contribution in [0.1, 0.15) is 0 Å². The number of aliphatic carboxylic acids is 1. The number of carboxylic acids is 1. The number of carbonyl (C=O) groups excluding carboxylic acids is 1. The smallest absolute Gasteiger partial charge is 0.447 e. The van der Waals surface area contributed by atoms with Gasteiger partial charge in [-0.1, -0.05) is 0 Å². The molecule has 3 N–H and O–H groups in total. The minimum Gasteiger partial charge on any atom is -0.544 e. The van der Waals surface area contributed by atoms with Crippen LogP contribution in [-0.4, -0.2) is 18.2 Å². The first-order chi connectivity index (χ1) is 3.85. The summed E-state index contributed by atoms with van der Waals surface area (Å²) in [6.07, 6.45) is -4.79. The summed E-state index contributed by atoms with van der Waals surface area (Å²) < 4.78 is 33.6. The fourth-order valence-electron chi connectivity index (χ4n) is 0.134. The normalized spacial score (nSPS) is 15.1. The van der Waals surface area contributed by atoms with Gasteiger partial charge in [-0.25, -0.2) is 0 Å². The van der Waals surface area contributed by atoms with Crippen LogP contribution in [0.3, 0.4) is 0 Å². The third kappa shape index (κ3) is 2.31. The number of rotatable bonds is 1. The van der Waals surface area contributed by atoms with E-state index in [2.05, 4.69) is 5.73 Å². The zero-order valence-corrected chi connectivity index (χ0v) is 4.23. The number of hydrogen-bond acceptors (Lipinski definition) is 2. The monoisotopic (exact) mass is 143 g/mol. The van der Waals surface area contributed by atoms with Crippen LogP contribution in [-0.2, 0) is 4.79 Å². The van der Waals surface area contributed by atoms with Crippen molar-refractivity contribution < 1.29 is 28.8 Å². The van der Waals surface area contributed by atoms with E-state index in [-0.39, 0.29) is 0 Å². The van der Waals surface area contributed by atoms with Gasteiger partial charge in [0.05, 0.1) is 0 Å². The molecule has 0 aromatic rings. The molecule has 0 aliphatic heterocycles. The first-order valence-electron chi connectivity index (χ1n) is 1.96. The van der Waals surface area contributed by atoms with Gasteiger partial charge in [-0.3, -0.25) is 0 Å². The maximum Gasteiger partial charge on any atom is 0.447 e. The molecule has 0 saturated heterocycles. The van der Waals surface area contributed by atoms with Gasteiger partial charge in [0.1, 0.15) is 5.97 Å². The molecule has 0 aromatic carbocycles. The van der Waals surface area contributed by atoms with E-state index in [0.717, 1.165) is 0 Å². The second kappa shape index (κ2) is 2.22. The number of quaternary nitrogens is 1. The highest BCUT2D eigenvalue weighted by Gasteiger charge is 2.41. The highest BCUT2D eigenvalue weighted by Crippen LogP contribution is 2.16. The van der Waals surface area contributed by atoms with E-state index in [0.29, 0.717) is 0 Å². The first-order valence-corrected chi connectivity index (χ1v) is 1.96. The number of carboxylic acid groups (broad SMARTS) is 1. The standard InChI is InChI=1S/C3H4F3NO2/c4-3(5,6)1(7)2(8)9/h1H,7H2,(H,8,9)/t1-/m0/s1. The third-order valence-electron chi connectivity index (χ3n) is 0.680. The van der Waals surface area contributed by atoms with Crippen LogP contribution >= 0.6 is 0 Å². The molecular weight excluding hydrogens is 139 g/mol. The zero-order valence-electron chi connectivity index (χ0n) is 4.23. The molecule has 3 nitrogen and oxygen atoms in total. The highest BCUT2D eigenvalue weighted by molar-refractivity contribution is 5.70. The lowest BCUT2D eigenvalue weighted by molar-refractivity contribution is -0.486. The van der Waals surface area contributed by atoms with Crippen molar-refractivity contribution in [1.82, 2.24) is 0 Å². The number of halogens is 3.